The molecule has 28 heavy (non-hydrogen) atoms. The van der Waals surface area contributed by atoms with E-state index in [9.17, 15) is 4.79 Å². The van der Waals surface area contributed by atoms with E-state index in [1.54, 1.807) is 0 Å². The summed E-state index contributed by atoms with van der Waals surface area (Å²) in [5, 5.41) is 5.87. The first-order chi connectivity index (χ1) is 13.6. The van der Waals surface area contributed by atoms with Crippen LogP contribution in [0.4, 0.5) is 0 Å². The average molecular weight is 391 g/mol. The van der Waals surface area contributed by atoms with E-state index in [2.05, 4.69) is 10.1 Å². The van der Waals surface area contributed by atoms with Gasteiger partial charge in [0.05, 0.1) is 4.88 Å². The van der Waals surface area contributed by atoms with E-state index in [-0.39, 0.29) is 6.61 Å². The molecule has 0 fully saturated rings. The summed E-state index contributed by atoms with van der Waals surface area (Å²) in [7, 11) is 0. The van der Waals surface area contributed by atoms with Crippen LogP contribution in [-0.2, 0) is 6.61 Å². The van der Waals surface area contributed by atoms with Crippen molar-refractivity contribution in [3.05, 3.63) is 76.3 Å². The molecule has 0 unspecified atom stereocenters. The molecule has 0 saturated carbocycles. The second-order valence-electron chi connectivity index (χ2n) is 6.17. The van der Waals surface area contributed by atoms with Crippen molar-refractivity contribution in [1.29, 1.82) is 0 Å². The van der Waals surface area contributed by atoms with E-state index in [1.807, 2.05) is 66.9 Å². The Morgan fingerprint density at radius 1 is 1.11 bits per heavy atom. The third-order valence-corrected chi connectivity index (χ3v) is 5.18. The van der Waals surface area contributed by atoms with Crippen LogP contribution in [-0.4, -0.2) is 16.0 Å². The van der Waals surface area contributed by atoms with Gasteiger partial charge in [0.1, 0.15) is 5.75 Å². The van der Waals surface area contributed by atoms with Crippen LogP contribution in [0.25, 0.3) is 22.5 Å². The SMILES string of the molecule is Cc1ccccc1OCc1nc(-c2ccc(-c3ccsc3C(N)=O)cc2)no1. The van der Waals surface area contributed by atoms with Gasteiger partial charge >= 0.3 is 0 Å². The van der Waals surface area contributed by atoms with Gasteiger partial charge in [-0.3, -0.25) is 4.79 Å². The lowest BCUT2D eigenvalue weighted by Crippen LogP contribution is -2.09. The maximum absolute atomic E-state index is 11.5. The zero-order chi connectivity index (χ0) is 19.5. The van der Waals surface area contributed by atoms with Gasteiger partial charge in [-0.25, -0.2) is 0 Å². The van der Waals surface area contributed by atoms with Crippen molar-refractivity contribution in [3.63, 3.8) is 0 Å². The molecule has 0 atom stereocenters. The predicted molar refractivity (Wildman–Crippen MR) is 107 cm³/mol. The number of nitrogens with two attached hydrogens (primary N) is 1. The van der Waals surface area contributed by atoms with Gasteiger partial charge < -0.3 is 15.0 Å². The Morgan fingerprint density at radius 3 is 2.61 bits per heavy atom. The number of hydrogen-bond acceptors (Lipinski definition) is 6. The van der Waals surface area contributed by atoms with Crippen molar-refractivity contribution in [2.45, 2.75) is 13.5 Å². The number of hydrogen-bond donors (Lipinski definition) is 1. The highest BCUT2D eigenvalue weighted by molar-refractivity contribution is 7.12. The highest BCUT2D eigenvalue weighted by Crippen LogP contribution is 2.29. The summed E-state index contributed by atoms with van der Waals surface area (Å²) >= 11 is 1.33. The van der Waals surface area contributed by atoms with E-state index in [0.29, 0.717) is 16.6 Å². The second kappa shape index (κ2) is 7.66. The van der Waals surface area contributed by atoms with Gasteiger partial charge in [-0.2, -0.15) is 4.98 Å². The molecule has 0 aliphatic carbocycles. The number of aromatic nitrogens is 2. The molecule has 0 bridgehead atoms. The van der Waals surface area contributed by atoms with E-state index < -0.39 is 5.91 Å². The second-order valence-corrected chi connectivity index (χ2v) is 7.09. The van der Waals surface area contributed by atoms with E-state index >= 15 is 0 Å². The number of amides is 1. The van der Waals surface area contributed by atoms with E-state index in [1.165, 1.54) is 11.3 Å². The molecule has 0 radical (unpaired) electrons. The summed E-state index contributed by atoms with van der Waals surface area (Å²) in [5.41, 5.74) is 9.01. The molecule has 0 saturated heterocycles. The van der Waals surface area contributed by atoms with Gasteiger partial charge in [0.15, 0.2) is 6.61 Å². The normalized spacial score (nSPS) is 10.8. The molecule has 140 valence electrons. The fraction of sp³-hybridized carbons (Fsp3) is 0.0952. The molecule has 1 amide bonds. The number of carbonyl (C=O) groups excluding carboxylic acids is 1. The molecule has 2 aromatic carbocycles. The summed E-state index contributed by atoms with van der Waals surface area (Å²) in [6.07, 6.45) is 0. The molecule has 2 N–H and O–H groups in total. The number of aryl methyl sites for hydroxylation is 1. The summed E-state index contributed by atoms with van der Waals surface area (Å²) < 4.78 is 11.0. The Morgan fingerprint density at radius 2 is 1.86 bits per heavy atom. The Bertz CT molecular complexity index is 1120. The molecule has 4 rings (SSSR count). The molecule has 0 spiro atoms. The topological polar surface area (TPSA) is 91.2 Å². The molecule has 2 heterocycles. The number of para-hydroxylation sites is 1. The van der Waals surface area contributed by atoms with Gasteiger partial charge in [0.2, 0.25) is 5.82 Å². The van der Waals surface area contributed by atoms with E-state index in [0.717, 1.165) is 28.0 Å². The van der Waals surface area contributed by atoms with Crippen LogP contribution < -0.4 is 10.5 Å². The smallest absolute Gasteiger partial charge is 0.264 e. The summed E-state index contributed by atoms with van der Waals surface area (Å²) in [4.78, 5) is 16.5. The molecular formula is C21H17N3O3S. The molecular weight excluding hydrogens is 374 g/mol. The minimum atomic E-state index is -0.425. The minimum Gasteiger partial charge on any atom is -0.483 e. The van der Waals surface area contributed by atoms with Crippen molar-refractivity contribution in [3.8, 4) is 28.3 Å². The van der Waals surface area contributed by atoms with Crippen molar-refractivity contribution < 1.29 is 14.1 Å². The third-order valence-electron chi connectivity index (χ3n) is 4.26. The summed E-state index contributed by atoms with van der Waals surface area (Å²) in [5.74, 6) is 1.24. The number of primary amides is 1. The largest absolute Gasteiger partial charge is 0.483 e. The maximum atomic E-state index is 11.5. The van der Waals surface area contributed by atoms with Gasteiger partial charge in [-0.1, -0.05) is 47.6 Å². The molecule has 2 aromatic heterocycles. The average Bonchev–Trinajstić information content (AvgIpc) is 3.37. The number of thiophene rings is 1. The number of ether oxygens (including phenoxy) is 1. The Labute approximate surface area is 165 Å². The lowest BCUT2D eigenvalue weighted by molar-refractivity contribution is 0.100. The first kappa shape index (κ1) is 17.9. The number of nitrogens with zero attached hydrogens (tertiary/aromatic N) is 2. The van der Waals surface area contributed by atoms with Crippen LogP contribution in [0.3, 0.4) is 0 Å². The van der Waals surface area contributed by atoms with Crippen LogP contribution in [0.1, 0.15) is 21.1 Å². The van der Waals surface area contributed by atoms with Crippen LogP contribution in [0, 0.1) is 6.92 Å². The van der Waals surface area contributed by atoms with Gasteiger partial charge in [0.25, 0.3) is 11.8 Å². The molecule has 6 nitrogen and oxygen atoms in total. The molecule has 0 aliphatic rings. The van der Waals surface area contributed by atoms with Crippen molar-refractivity contribution >= 4 is 17.2 Å². The van der Waals surface area contributed by atoms with Crippen LogP contribution in [0.5, 0.6) is 5.75 Å². The molecule has 7 heteroatoms. The fourth-order valence-electron chi connectivity index (χ4n) is 2.81. The van der Waals surface area contributed by atoms with E-state index in [4.69, 9.17) is 15.0 Å². The predicted octanol–water partition coefficient (Wildman–Crippen LogP) is 4.45. The molecule has 4 aromatic rings. The number of rotatable bonds is 6. The minimum absolute atomic E-state index is 0.201. The zero-order valence-corrected chi connectivity index (χ0v) is 15.9. The van der Waals surface area contributed by atoms with Crippen molar-refractivity contribution in [2.75, 3.05) is 0 Å². The van der Waals surface area contributed by atoms with Crippen molar-refractivity contribution in [2.24, 2.45) is 5.73 Å². The first-order valence-electron chi connectivity index (χ1n) is 8.61. The fourth-order valence-corrected chi connectivity index (χ4v) is 3.58. The Balaban J connectivity index is 1.49. The maximum Gasteiger partial charge on any atom is 0.264 e. The van der Waals surface area contributed by atoms with Gasteiger partial charge in [-0.05, 0) is 35.6 Å². The van der Waals surface area contributed by atoms with Crippen molar-refractivity contribution in [1.82, 2.24) is 10.1 Å². The standard InChI is InChI=1S/C21H17N3O3S/c1-13-4-2-3-5-17(13)26-12-18-23-21(24-27-18)15-8-6-14(7-9-15)16-10-11-28-19(16)20(22)25/h2-11H,12H2,1H3,(H2,22,25). The van der Waals surface area contributed by atoms with Gasteiger partial charge in [0, 0.05) is 11.1 Å². The first-order valence-corrected chi connectivity index (χ1v) is 9.49. The Hall–Kier alpha value is -3.45. The van der Waals surface area contributed by atoms with Crippen LogP contribution in [0.15, 0.2) is 64.5 Å². The van der Waals surface area contributed by atoms with Crippen LogP contribution >= 0.6 is 11.3 Å². The zero-order valence-electron chi connectivity index (χ0n) is 15.1. The lowest BCUT2D eigenvalue weighted by atomic mass is 10.0. The molecule has 0 aliphatic heterocycles. The lowest BCUT2D eigenvalue weighted by Gasteiger charge is -2.05. The monoisotopic (exact) mass is 391 g/mol. The van der Waals surface area contributed by atoms with Crippen LogP contribution in [0.2, 0.25) is 0 Å². The Kier molecular flexibility index (Phi) is 4.90. The number of benzene rings is 2. The quantitative estimate of drug-likeness (QED) is 0.524. The summed E-state index contributed by atoms with van der Waals surface area (Å²) in [6.45, 7) is 2.18. The third kappa shape index (κ3) is 3.65. The number of carbonyl (C=O) groups is 1. The summed E-state index contributed by atoms with van der Waals surface area (Å²) in [6, 6.07) is 17.2. The highest BCUT2D eigenvalue weighted by Gasteiger charge is 2.13. The van der Waals surface area contributed by atoms with Gasteiger partial charge in [-0.15, -0.1) is 11.3 Å². The highest BCUT2D eigenvalue weighted by atomic mass is 32.1.